The van der Waals surface area contributed by atoms with Gasteiger partial charge in [0, 0.05) is 39.1 Å². The van der Waals surface area contributed by atoms with Crippen molar-refractivity contribution in [2.45, 2.75) is 12.8 Å². The lowest BCUT2D eigenvalue weighted by Crippen LogP contribution is -2.39. The molecule has 2 aromatic rings. The van der Waals surface area contributed by atoms with Crippen molar-refractivity contribution in [1.29, 1.82) is 0 Å². The molecule has 0 bridgehead atoms. The largest absolute Gasteiger partial charge is 0.341 e. The fraction of sp³-hybridized carbons (Fsp3) is 0.304. The molecule has 2 aliphatic rings. The minimum absolute atomic E-state index is 0.0134. The SMILES string of the molecule is O=C(CCN1C(=O)c2ccccc2C1=O)N1CCCN(C(=O)c2ccccc2F)CC1. The lowest BCUT2D eigenvalue weighted by molar-refractivity contribution is -0.131. The van der Waals surface area contributed by atoms with E-state index in [1.807, 2.05) is 0 Å². The van der Waals surface area contributed by atoms with Crippen molar-refractivity contribution in [3.8, 4) is 0 Å². The first kappa shape index (κ1) is 20.7. The van der Waals surface area contributed by atoms with E-state index in [-0.39, 0.29) is 36.3 Å². The van der Waals surface area contributed by atoms with Crippen LogP contribution in [0.4, 0.5) is 4.39 Å². The van der Waals surface area contributed by atoms with Crippen molar-refractivity contribution < 1.29 is 23.6 Å². The van der Waals surface area contributed by atoms with E-state index < -0.39 is 11.7 Å². The van der Waals surface area contributed by atoms with Gasteiger partial charge in [0.1, 0.15) is 5.82 Å². The van der Waals surface area contributed by atoms with Crippen molar-refractivity contribution >= 4 is 23.6 Å². The molecule has 2 aliphatic heterocycles. The summed E-state index contributed by atoms with van der Waals surface area (Å²) in [6.45, 7) is 1.52. The molecule has 2 heterocycles. The van der Waals surface area contributed by atoms with Crippen LogP contribution in [0.1, 0.15) is 43.9 Å². The highest BCUT2D eigenvalue weighted by molar-refractivity contribution is 6.21. The van der Waals surface area contributed by atoms with Crippen LogP contribution in [0, 0.1) is 5.82 Å². The first-order valence-corrected chi connectivity index (χ1v) is 10.2. The summed E-state index contributed by atoms with van der Waals surface area (Å²) in [7, 11) is 0. The molecule has 8 heteroatoms. The number of imide groups is 1. The van der Waals surface area contributed by atoms with E-state index in [2.05, 4.69) is 0 Å². The number of benzene rings is 2. The first-order chi connectivity index (χ1) is 15.0. The van der Waals surface area contributed by atoms with E-state index in [0.717, 1.165) is 4.90 Å². The highest BCUT2D eigenvalue weighted by Gasteiger charge is 2.35. The quantitative estimate of drug-likeness (QED) is 0.707. The zero-order valence-electron chi connectivity index (χ0n) is 16.9. The Kier molecular flexibility index (Phi) is 5.79. The summed E-state index contributed by atoms with van der Waals surface area (Å²) in [6.07, 6.45) is 0.589. The van der Waals surface area contributed by atoms with E-state index >= 15 is 0 Å². The number of carbonyl (C=O) groups is 4. The first-order valence-electron chi connectivity index (χ1n) is 10.2. The second-order valence-corrected chi connectivity index (χ2v) is 7.56. The van der Waals surface area contributed by atoms with Crippen molar-refractivity contribution in [2.75, 3.05) is 32.7 Å². The molecule has 2 aromatic carbocycles. The number of nitrogens with zero attached hydrogens (tertiary/aromatic N) is 3. The van der Waals surface area contributed by atoms with Gasteiger partial charge in [0.2, 0.25) is 5.91 Å². The number of halogens is 1. The molecule has 0 radical (unpaired) electrons. The van der Waals surface area contributed by atoms with Gasteiger partial charge < -0.3 is 9.80 Å². The Morgan fingerprint density at radius 3 is 2.06 bits per heavy atom. The fourth-order valence-electron chi connectivity index (χ4n) is 3.98. The maximum Gasteiger partial charge on any atom is 0.261 e. The number of rotatable bonds is 4. The minimum Gasteiger partial charge on any atom is -0.341 e. The summed E-state index contributed by atoms with van der Waals surface area (Å²) in [5, 5.41) is 0. The fourth-order valence-corrected chi connectivity index (χ4v) is 3.98. The maximum atomic E-state index is 13.9. The number of fused-ring (bicyclic) bond motifs is 1. The van der Waals surface area contributed by atoms with Crippen molar-refractivity contribution in [3.05, 3.63) is 71.0 Å². The molecule has 0 aromatic heterocycles. The van der Waals surface area contributed by atoms with Crippen LogP contribution in [0.5, 0.6) is 0 Å². The lowest BCUT2D eigenvalue weighted by atomic mass is 10.1. The molecule has 0 N–H and O–H groups in total. The summed E-state index contributed by atoms with van der Waals surface area (Å²) in [5.74, 6) is -1.90. The topological polar surface area (TPSA) is 78.0 Å². The Hall–Kier alpha value is -3.55. The van der Waals surface area contributed by atoms with Gasteiger partial charge in [0.05, 0.1) is 16.7 Å². The van der Waals surface area contributed by atoms with Gasteiger partial charge in [-0.2, -0.15) is 0 Å². The Labute approximate surface area is 179 Å². The third kappa shape index (κ3) is 4.05. The molecular weight excluding hydrogens is 401 g/mol. The average molecular weight is 423 g/mol. The molecule has 1 fully saturated rings. The number of hydrogen-bond donors (Lipinski definition) is 0. The number of amides is 4. The van der Waals surface area contributed by atoms with Crippen LogP contribution < -0.4 is 0 Å². The number of carbonyl (C=O) groups excluding carboxylic acids is 4. The van der Waals surface area contributed by atoms with Crippen LogP contribution in [0.15, 0.2) is 48.5 Å². The monoisotopic (exact) mass is 423 g/mol. The Morgan fingerprint density at radius 2 is 1.39 bits per heavy atom. The van der Waals surface area contributed by atoms with Crippen molar-refractivity contribution in [3.63, 3.8) is 0 Å². The third-order valence-corrected chi connectivity index (χ3v) is 5.67. The van der Waals surface area contributed by atoms with Gasteiger partial charge in [0.15, 0.2) is 0 Å². The van der Waals surface area contributed by atoms with E-state index in [1.54, 1.807) is 40.1 Å². The van der Waals surface area contributed by atoms with Gasteiger partial charge in [-0.25, -0.2) is 4.39 Å². The van der Waals surface area contributed by atoms with E-state index in [9.17, 15) is 23.6 Å². The lowest BCUT2D eigenvalue weighted by Gasteiger charge is -2.23. The molecule has 0 spiro atoms. The molecule has 0 atom stereocenters. The van der Waals surface area contributed by atoms with Crippen molar-refractivity contribution in [1.82, 2.24) is 14.7 Å². The zero-order valence-corrected chi connectivity index (χ0v) is 16.9. The van der Waals surface area contributed by atoms with E-state index in [4.69, 9.17) is 0 Å². The summed E-state index contributed by atoms with van der Waals surface area (Å²) in [4.78, 5) is 54.5. The van der Waals surface area contributed by atoms with Crippen LogP contribution in [-0.4, -0.2) is 71.1 Å². The molecule has 1 saturated heterocycles. The zero-order chi connectivity index (χ0) is 22.0. The Bertz CT molecular complexity index is 1020. The highest BCUT2D eigenvalue weighted by atomic mass is 19.1. The predicted octanol–water partition coefficient (Wildman–Crippen LogP) is 2.19. The minimum atomic E-state index is -0.564. The molecule has 0 unspecified atom stereocenters. The summed E-state index contributed by atoms with van der Waals surface area (Å²) in [5.41, 5.74) is 0.738. The average Bonchev–Trinajstić information content (AvgIpc) is 2.94. The molecule has 0 saturated carbocycles. The molecular formula is C23H22FN3O4. The Balaban J connectivity index is 1.33. The van der Waals surface area contributed by atoms with Gasteiger partial charge in [-0.1, -0.05) is 24.3 Å². The molecule has 7 nitrogen and oxygen atoms in total. The van der Waals surface area contributed by atoms with Crippen LogP contribution in [-0.2, 0) is 4.79 Å². The van der Waals surface area contributed by atoms with Crippen LogP contribution in [0.25, 0.3) is 0 Å². The summed E-state index contributed by atoms with van der Waals surface area (Å²) >= 11 is 0. The number of hydrogen-bond acceptors (Lipinski definition) is 4. The van der Waals surface area contributed by atoms with Crippen LogP contribution >= 0.6 is 0 Å². The van der Waals surface area contributed by atoms with E-state index in [0.29, 0.717) is 43.7 Å². The Morgan fingerprint density at radius 1 is 0.806 bits per heavy atom. The van der Waals surface area contributed by atoms with Crippen molar-refractivity contribution in [2.24, 2.45) is 0 Å². The smallest absolute Gasteiger partial charge is 0.261 e. The molecule has 31 heavy (non-hydrogen) atoms. The van der Waals surface area contributed by atoms with Gasteiger partial charge in [0.25, 0.3) is 17.7 Å². The molecule has 0 aliphatic carbocycles. The second-order valence-electron chi connectivity index (χ2n) is 7.56. The molecule has 4 rings (SSSR count). The summed E-state index contributed by atoms with van der Waals surface area (Å²) < 4.78 is 13.9. The second kappa shape index (κ2) is 8.67. The standard InChI is InChI=1S/C23H22FN3O4/c24-19-9-4-3-8-18(19)21(29)26-12-5-11-25(14-15-26)20(28)10-13-27-22(30)16-6-1-2-7-17(16)23(27)31/h1-4,6-9H,5,10-15H2. The normalized spacial score (nSPS) is 16.4. The predicted molar refractivity (Wildman–Crippen MR) is 110 cm³/mol. The van der Waals surface area contributed by atoms with Crippen LogP contribution in [0.3, 0.4) is 0 Å². The van der Waals surface area contributed by atoms with Gasteiger partial charge >= 0.3 is 0 Å². The molecule has 4 amide bonds. The van der Waals surface area contributed by atoms with Gasteiger partial charge in [-0.3, -0.25) is 24.1 Å². The van der Waals surface area contributed by atoms with Gasteiger partial charge in [-0.05, 0) is 30.7 Å². The van der Waals surface area contributed by atoms with Gasteiger partial charge in [-0.15, -0.1) is 0 Å². The van der Waals surface area contributed by atoms with E-state index in [1.165, 1.54) is 18.2 Å². The highest BCUT2D eigenvalue weighted by Crippen LogP contribution is 2.22. The third-order valence-electron chi connectivity index (χ3n) is 5.67. The summed E-state index contributed by atoms with van der Waals surface area (Å²) in [6, 6.07) is 12.5. The maximum absolute atomic E-state index is 13.9. The van der Waals surface area contributed by atoms with Crippen LogP contribution in [0.2, 0.25) is 0 Å². The molecule has 160 valence electrons.